The topological polar surface area (TPSA) is 59.1 Å². The zero-order chi connectivity index (χ0) is 13.1. The Bertz CT molecular complexity index is 625. The number of amides is 1. The molecule has 0 saturated carbocycles. The fraction of sp³-hybridized carbons (Fsp3) is 0.154. The number of pyridine rings is 1. The number of nitrogens with zero attached hydrogens (tertiary/aromatic N) is 1. The Kier molecular flexibility index (Phi) is 3.58. The van der Waals surface area contributed by atoms with E-state index in [1.165, 1.54) is 6.92 Å². The van der Waals surface area contributed by atoms with Crippen LogP contribution in [0.25, 0.3) is 10.9 Å². The number of aromatic nitrogens is 1. The molecular weight excluding hydrogens is 252 g/mol. The van der Waals surface area contributed by atoms with Crippen molar-refractivity contribution in [3.05, 3.63) is 35.5 Å². The van der Waals surface area contributed by atoms with E-state index in [-0.39, 0.29) is 18.1 Å². The van der Waals surface area contributed by atoms with E-state index in [1.54, 1.807) is 24.4 Å². The molecule has 0 aliphatic heterocycles. The molecule has 0 radical (unpaired) electrons. The number of halogens is 1. The van der Waals surface area contributed by atoms with E-state index in [0.717, 1.165) is 5.39 Å². The molecule has 0 unspecified atom stereocenters. The Hall–Kier alpha value is -1.94. The van der Waals surface area contributed by atoms with E-state index in [0.29, 0.717) is 16.2 Å². The monoisotopic (exact) mass is 262 g/mol. The first-order chi connectivity index (χ1) is 8.58. The summed E-state index contributed by atoms with van der Waals surface area (Å²) >= 11 is 6.02. The number of Topliss-reactive ketones (excluding diaryl/α,β-unsaturated/α-hetero) is 1. The Morgan fingerprint density at radius 2 is 2.11 bits per heavy atom. The SMILES string of the molecule is CC(=O)CC(=O)Nc1ccc(Cl)c2ncccc12. The van der Waals surface area contributed by atoms with Gasteiger partial charge in [0.25, 0.3) is 0 Å². The number of carbonyl (C=O) groups is 2. The molecule has 2 aromatic rings. The van der Waals surface area contributed by atoms with Gasteiger partial charge in [0.1, 0.15) is 5.78 Å². The summed E-state index contributed by atoms with van der Waals surface area (Å²) in [5, 5.41) is 3.96. The molecule has 1 aromatic heterocycles. The average molecular weight is 263 g/mol. The summed E-state index contributed by atoms with van der Waals surface area (Å²) in [6.07, 6.45) is 1.50. The van der Waals surface area contributed by atoms with Crippen molar-refractivity contribution in [1.82, 2.24) is 4.98 Å². The number of nitrogens with one attached hydrogen (secondary N) is 1. The minimum Gasteiger partial charge on any atom is -0.325 e. The second kappa shape index (κ2) is 5.14. The van der Waals surface area contributed by atoms with Gasteiger partial charge in [0.15, 0.2) is 0 Å². The molecule has 4 nitrogen and oxygen atoms in total. The molecule has 5 heteroatoms. The summed E-state index contributed by atoms with van der Waals surface area (Å²) in [4.78, 5) is 26.6. The number of carbonyl (C=O) groups excluding carboxylic acids is 2. The van der Waals surface area contributed by atoms with Crippen molar-refractivity contribution >= 4 is 39.9 Å². The molecule has 0 fully saturated rings. The van der Waals surface area contributed by atoms with Crippen LogP contribution in [-0.2, 0) is 9.59 Å². The van der Waals surface area contributed by atoms with E-state index in [4.69, 9.17) is 11.6 Å². The van der Waals surface area contributed by atoms with E-state index in [1.807, 2.05) is 6.07 Å². The van der Waals surface area contributed by atoms with Gasteiger partial charge in [0.05, 0.1) is 22.6 Å². The number of benzene rings is 1. The predicted octanol–water partition coefficient (Wildman–Crippen LogP) is 2.81. The molecule has 0 aliphatic rings. The molecule has 0 atom stereocenters. The van der Waals surface area contributed by atoms with Crippen LogP contribution >= 0.6 is 11.6 Å². The molecule has 1 aromatic carbocycles. The van der Waals surface area contributed by atoms with Gasteiger partial charge in [0, 0.05) is 11.6 Å². The number of fused-ring (bicyclic) bond motifs is 1. The minimum atomic E-state index is -0.338. The van der Waals surface area contributed by atoms with Gasteiger partial charge in [-0.2, -0.15) is 0 Å². The first-order valence-corrected chi connectivity index (χ1v) is 5.78. The second-order valence-electron chi connectivity index (χ2n) is 3.92. The maximum atomic E-state index is 11.6. The van der Waals surface area contributed by atoms with Crippen molar-refractivity contribution in [2.24, 2.45) is 0 Å². The minimum absolute atomic E-state index is 0.135. The lowest BCUT2D eigenvalue weighted by molar-refractivity contribution is -0.124. The molecule has 0 bridgehead atoms. The first kappa shape index (κ1) is 12.5. The molecule has 0 saturated heterocycles. The number of ketones is 1. The average Bonchev–Trinajstić information content (AvgIpc) is 2.32. The van der Waals surface area contributed by atoms with Gasteiger partial charge in [-0.05, 0) is 31.2 Å². The predicted molar refractivity (Wildman–Crippen MR) is 70.7 cm³/mol. The second-order valence-corrected chi connectivity index (χ2v) is 4.33. The van der Waals surface area contributed by atoms with Crippen molar-refractivity contribution < 1.29 is 9.59 Å². The van der Waals surface area contributed by atoms with E-state index < -0.39 is 0 Å². The van der Waals surface area contributed by atoms with Crippen LogP contribution in [-0.4, -0.2) is 16.7 Å². The normalized spacial score (nSPS) is 10.3. The zero-order valence-electron chi connectivity index (χ0n) is 9.74. The number of rotatable bonds is 3. The van der Waals surface area contributed by atoms with E-state index in [9.17, 15) is 9.59 Å². The first-order valence-electron chi connectivity index (χ1n) is 5.40. The third kappa shape index (κ3) is 2.65. The number of anilines is 1. The lowest BCUT2D eigenvalue weighted by Gasteiger charge is -2.08. The van der Waals surface area contributed by atoms with Crippen molar-refractivity contribution in [3.63, 3.8) is 0 Å². The van der Waals surface area contributed by atoms with E-state index >= 15 is 0 Å². The molecule has 1 N–H and O–H groups in total. The molecule has 0 aliphatic carbocycles. The molecule has 1 heterocycles. The van der Waals surface area contributed by atoms with Crippen LogP contribution in [0, 0.1) is 0 Å². The van der Waals surface area contributed by atoms with Crippen molar-refractivity contribution in [2.45, 2.75) is 13.3 Å². The summed E-state index contributed by atoms with van der Waals surface area (Å²) in [6, 6.07) is 6.95. The van der Waals surface area contributed by atoms with Gasteiger partial charge in [-0.1, -0.05) is 11.6 Å². The maximum absolute atomic E-state index is 11.6. The summed E-state index contributed by atoms with van der Waals surface area (Å²) in [5.74, 6) is -0.515. The molecule has 0 spiro atoms. The van der Waals surface area contributed by atoms with Crippen LogP contribution in [0.15, 0.2) is 30.5 Å². The number of hydrogen-bond acceptors (Lipinski definition) is 3. The highest BCUT2D eigenvalue weighted by molar-refractivity contribution is 6.35. The Morgan fingerprint density at radius 3 is 2.83 bits per heavy atom. The molecular formula is C13H11ClN2O2. The maximum Gasteiger partial charge on any atom is 0.231 e. The third-order valence-electron chi connectivity index (χ3n) is 2.40. The molecule has 92 valence electrons. The van der Waals surface area contributed by atoms with Crippen LogP contribution in [0.1, 0.15) is 13.3 Å². The highest BCUT2D eigenvalue weighted by Gasteiger charge is 2.09. The summed E-state index contributed by atoms with van der Waals surface area (Å²) < 4.78 is 0. The highest BCUT2D eigenvalue weighted by atomic mass is 35.5. The Labute approximate surface area is 109 Å². The lowest BCUT2D eigenvalue weighted by atomic mass is 10.1. The lowest BCUT2D eigenvalue weighted by Crippen LogP contribution is -2.14. The fourth-order valence-corrected chi connectivity index (χ4v) is 1.88. The van der Waals surface area contributed by atoms with Gasteiger partial charge in [-0.15, -0.1) is 0 Å². The zero-order valence-corrected chi connectivity index (χ0v) is 10.5. The van der Waals surface area contributed by atoms with Gasteiger partial charge < -0.3 is 5.32 Å². The van der Waals surface area contributed by atoms with Crippen molar-refractivity contribution in [3.8, 4) is 0 Å². The largest absolute Gasteiger partial charge is 0.325 e. The standard InChI is InChI=1S/C13H11ClN2O2/c1-8(17)7-12(18)16-11-5-4-10(14)13-9(11)3-2-6-15-13/h2-6H,7H2,1H3,(H,16,18). The number of hydrogen-bond donors (Lipinski definition) is 1. The van der Waals surface area contributed by atoms with Gasteiger partial charge in [-0.25, -0.2) is 0 Å². The molecule has 2 rings (SSSR count). The van der Waals surface area contributed by atoms with Crippen LogP contribution in [0.4, 0.5) is 5.69 Å². The molecule has 18 heavy (non-hydrogen) atoms. The summed E-state index contributed by atoms with van der Waals surface area (Å²) in [5.41, 5.74) is 1.23. The van der Waals surface area contributed by atoms with Crippen LogP contribution in [0.2, 0.25) is 5.02 Å². The van der Waals surface area contributed by atoms with Crippen molar-refractivity contribution in [1.29, 1.82) is 0 Å². The smallest absolute Gasteiger partial charge is 0.231 e. The van der Waals surface area contributed by atoms with Crippen LogP contribution < -0.4 is 5.32 Å². The van der Waals surface area contributed by atoms with E-state index in [2.05, 4.69) is 10.3 Å². The highest BCUT2D eigenvalue weighted by Crippen LogP contribution is 2.27. The van der Waals surface area contributed by atoms with Gasteiger partial charge >= 0.3 is 0 Å². The van der Waals surface area contributed by atoms with Gasteiger partial charge in [0.2, 0.25) is 5.91 Å². The summed E-state index contributed by atoms with van der Waals surface area (Å²) in [7, 11) is 0. The molecule has 1 amide bonds. The van der Waals surface area contributed by atoms with Gasteiger partial charge in [-0.3, -0.25) is 14.6 Å². The Balaban J connectivity index is 2.37. The quantitative estimate of drug-likeness (QED) is 0.866. The van der Waals surface area contributed by atoms with Crippen molar-refractivity contribution in [2.75, 3.05) is 5.32 Å². The third-order valence-corrected chi connectivity index (χ3v) is 2.71. The van der Waals surface area contributed by atoms with Crippen LogP contribution in [0.3, 0.4) is 0 Å². The summed E-state index contributed by atoms with van der Waals surface area (Å²) in [6.45, 7) is 1.38. The fourth-order valence-electron chi connectivity index (χ4n) is 1.67. The van der Waals surface area contributed by atoms with Crippen LogP contribution in [0.5, 0.6) is 0 Å². The Morgan fingerprint density at radius 1 is 1.33 bits per heavy atom.